The third kappa shape index (κ3) is 3.50. The van der Waals surface area contributed by atoms with Crippen LogP contribution in [-0.2, 0) is 7.05 Å². The smallest absolute Gasteiger partial charge is 0.169 e. The predicted molar refractivity (Wildman–Crippen MR) is 58.1 cm³/mol. The van der Waals surface area contributed by atoms with Gasteiger partial charge >= 0.3 is 0 Å². The number of aromatic nitrogens is 2. The quantitative estimate of drug-likeness (QED) is 0.587. The van der Waals surface area contributed by atoms with E-state index in [1.807, 2.05) is 48.5 Å². The molecule has 2 nitrogen and oxygen atoms in total. The van der Waals surface area contributed by atoms with Gasteiger partial charge in [0.1, 0.15) is 7.05 Å². The van der Waals surface area contributed by atoms with E-state index in [0.717, 1.165) is 0 Å². The molecular weight excluding hydrogens is 231 g/mol. The van der Waals surface area contributed by atoms with Crippen molar-refractivity contribution < 1.29 is 17.0 Å². The zero-order chi connectivity index (χ0) is 9.10. The van der Waals surface area contributed by atoms with Crippen molar-refractivity contribution in [3.05, 3.63) is 49.1 Å². The van der Waals surface area contributed by atoms with Crippen molar-refractivity contribution in [2.24, 2.45) is 7.05 Å². The summed E-state index contributed by atoms with van der Waals surface area (Å²) in [5.41, 5.74) is 2.43. The lowest BCUT2D eigenvalue weighted by Crippen LogP contribution is -3.00. The van der Waals surface area contributed by atoms with Crippen LogP contribution < -0.4 is 17.0 Å². The average molecular weight is 243 g/mol. The second kappa shape index (κ2) is 6.38. The molecule has 80 valence electrons. The van der Waals surface area contributed by atoms with E-state index in [9.17, 15) is 0 Å². The molecule has 0 amide bonds. The van der Waals surface area contributed by atoms with Crippen LogP contribution in [0.5, 0.6) is 0 Å². The van der Waals surface area contributed by atoms with Crippen LogP contribution in [0.3, 0.4) is 0 Å². The summed E-state index contributed by atoms with van der Waals surface area (Å²) < 4.78 is 2.02. The fourth-order valence-electron chi connectivity index (χ4n) is 1.24. The lowest BCUT2D eigenvalue weighted by Gasteiger charge is -1.97. The van der Waals surface area contributed by atoms with E-state index in [1.54, 1.807) is 0 Å². The van der Waals surface area contributed by atoms with E-state index >= 15 is 0 Å². The molecule has 2 aromatic rings. The molecule has 0 aliphatic carbocycles. The van der Waals surface area contributed by atoms with Crippen molar-refractivity contribution in [3.8, 4) is 11.1 Å². The zero-order valence-corrected chi connectivity index (χ0v) is 9.87. The minimum atomic E-state index is 0. The highest BCUT2D eigenvalue weighted by Gasteiger charge is 1.97. The van der Waals surface area contributed by atoms with Gasteiger partial charge in [-0.1, -0.05) is 0 Å². The molecule has 4 heteroatoms. The first kappa shape index (κ1) is 13.9. The van der Waals surface area contributed by atoms with Crippen LogP contribution in [0.1, 0.15) is 0 Å². The fraction of sp³-hybridized carbons (Fsp3) is 0.0909. The van der Waals surface area contributed by atoms with Crippen LogP contribution in [0.15, 0.2) is 49.1 Å². The molecule has 2 rings (SSSR count). The molecule has 0 fully saturated rings. The third-order valence-corrected chi connectivity index (χ3v) is 1.99. The Labute approximate surface area is 102 Å². The summed E-state index contributed by atoms with van der Waals surface area (Å²) in [7, 11) is 2.01. The van der Waals surface area contributed by atoms with Gasteiger partial charge in [0.25, 0.3) is 0 Å². The first-order valence-electron chi connectivity index (χ1n) is 4.22. The lowest BCUT2D eigenvalue weighted by molar-refractivity contribution is -0.671. The van der Waals surface area contributed by atoms with Gasteiger partial charge in [0, 0.05) is 24.5 Å². The van der Waals surface area contributed by atoms with E-state index in [4.69, 9.17) is 0 Å². The summed E-state index contributed by atoms with van der Waals surface area (Å²) in [4.78, 5) is 3.98. The van der Waals surface area contributed by atoms with Crippen LogP contribution in [-0.4, -0.2) is 4.98 Å². The molecule has 0 saturated carbocycles. The molecule has 15 heavy (non-hydrogen) atoms. The molecule has 0 atom stereocenters. The van der Waals surface area contributed by atoms with Crippen molar-refractivity contribution in [1.29, 1.82) is 0 Å². The summed E-state index contributed by atoms with van der Waals surface area (Å²) in [5, 5.41) is 0. The Hall–Kier alpha value is -1.12. The normalized spacial score (nSPS) is 8.60. The summed E-state index contributed by atoms with van der Waals surface area (Å²) in [6.45, 7) is 0. The Morgan fingerprint density at radius 1 is 0.933 bits per heavy atom. The molecule has 0 aliphatic heterocycles. The van der Waals surface area contributed by atoms with Crippen LogP contribution in [0.4, 0.5) is 0 Å². The first-order valence-corrected chi connectivity index (χ1v) is 4.22. The van der Waals surface area contributed by atoms with Gasteiger partial charge in [0.15, 0.2) is 12.4 Å². The third-order valence-electron chi connectivity index (χ3n) is 1.99. The fourth-order valence-corrected chi connectivity index (χ4v) is 1.24. The number of aryl methyl sites for hydroxylation is 1. The predicted octanol–water partition coefficient (Wildman–Crippen LogP) is -1.00. The monoisotopic (exact) mass is 242 g/mol. The highest BCUT2D eigenvalue weighted by molar-refractivity contribution is 5.85. The molecule has 0 radical (unpaired) electrons. The highest BCUT2D eigenvalue weighted by Crippen LogP contribution is 2.15. The van der Waals surface area contributed by atoms with Gasteiger partial charge in [0.2, 0.25) is 0 Å². The Balaban J connectivity index is 0.000000980. The summed E-state index contributed by atoms with van der Waals surface area (Å²) in [5.74, 6) is 0. The Morgan fingerprint density at radius 3 is 1.93 bits per heavy atom. The lowest BCUT2D eigenvalue weighted by atomic mass is 10.1. The first-order chi connectivity index (χ1) is 6.36. The molecule has 2 heterocycles. The van der Waals surface area contributed by atoms with E-state index in [2.05, 4.69) is 17.1 Å². The molecule has 0 aliphatic rings. The van der Waals surface area contributed by atoms with Crippen LogP contribution in [0.25, 0.3) is 11.1 Å². The number of hydrogen-bond donors (Lipinski definition) is 0. The topological polar surface area (TPSA) is 16.8 Å². The minimum absolute atomic E-state index is 0. The standard InChI is InChI=1S/C11H11N2.2ClH/c1-13-8-4-11(5-9-13)10-2-6-12-7-3-10;;/h2-9H,1H3;2*1H/q+1;;/p-1. The Morgan fingerprint density at radius 2 is 1.40 bits per heavy atom. The van der Waals surface area contributed by atoms with Crippen LogP contribution in [0, 0.1) is 0 Å². The van der Waals surface area contributed by atoms with Gasteiger partial charge in [-0.3, -0.25) is 4.98 Å². The van der Waals surface area contributed by atoms with Gasteiger partial charge in [-0.05, 0) is 23.3 Å². The molecule has 0 N–H and O–H groups in total. The van der Waals surface area contributed by atoms with Crippen molar-refractivity contribution in [2.75, 3.05) is 0 Å². The van der Waals surface area contributed by atoms with Crippen LogP contribution in [0.2, 0.25) is 0 Å². The van der Waals surface area contributed by atoms with E-state index in [-0.39, 0.29) is 24.8 Å². The SMILES string of the molecule is C[n+]1ccc(-c2ccncc2)cc1.Cl.[Cl-]. The van der Waals surface area contributed by atoms with E-state index < -0.39 is 0 Å². The van der Waals surface area contributed by atoms with E-state index in [0.29, 0.717) is 0 Å². The van der Waals surface area contributed by atoms with Gasteiger partial charge in [-0.15, -0.1) is 12.4 Å². The molecule has 0 bridgehead atoms. The summed E-state index contributed by atoms with van der Waals surface area (Å²) >= 11 is 0. The largest absolute Gasteiger partial charge is 1.00 e. The van der Waals surface area contributed by atoms with Gasteiger partial charge in [-0.2, -0.15) is 0 Å². The van der Waals surface area contributed by atoms with Crippen molar-refractivity contribution in [3.63, 3.8) is 0 Å². The van der Waals surface area contributed by atoms with Crippen molar-refractivity contribution in [1.82, 2.24) is 4.98 Å². The van der Waals surface area contributed by atoms with Gasteiger partial charge < -0.3 is 12.4 Å². The number of nitrogens with zero attached hydrogens (tertiary/aromatic N) is 2. The molecule has 2 aromatic heterocycles. The van der Waals surface area contributed by atoms with Crippen molar-refractivity contribution >= 4 is 12.4 Å². The number of pyridine rings is 2. The Kier molecular flexibility index (Phi) is 5.90. The second-order valence-electron chi connectivity index (χ2n) is 2.99. The zero-order valence-electron chi connectivity index (χ0n) is 8.30. The van der Waals surface area contributed by atoms with E-state index in [1.165, 1.54) is 11.1 Å². The second-order valence-corrected chi connectivity index (χ2v) is 2.99. The summed E-state index contributed by atoms with van der Waals surface area (Å²) in [6, 6.07) is 8.20. The van der Waals surface area contributed by atoms with Gasteiger partial charge in [-0.25, -0.2) is 4.57 Å². The molecule has 0 aromatic carbocycles. The number of halogens is 2. The minimum Gasteiger partial charge on any atom is -1.00 e. The maximum absolute atomic E-state index is 3.98. The van der Waals surface area contributed by atoms with Gasteiger partial charge in [0.05, 0.1) is 0 Å². The van der Waals surface area contributed by atoms with Crippen LogP contribution >= 0.6 is 12.4 Å². The summed E-state index contributed by atoms with van der Waals surface area (Å²) in [6.07, 6.45) is 7.69. The molecule has 0 spiro atoms. The number of rotatable bonds is 1. The molecule has 0 saturated heterocycles. The number of hydrogen-bond acceptors (Lipinski definition) is 1. The highest BCUT2D eigenvalue weighted by atomic mass is 35.5. The molecular formula is C11H12Cl2N2. The molecule has 0 unspecified atom stereocenters. The average Bonchev–Trinajstić information content (AvgIpc) is 2.20. The maximum atomic E-state index is 3.98. The van der Waals surface area contributed by atoms with Crippen molar-refractivity contribution in [2.45, 2.75) is 0 Å². The Bertz CT molecular complexity index is 387. The maximum Gasteiger partial charge on any atom is 0.169 e.